The average Bonchev–Trinajstić information content (AvgIpc) is 2.26. The van der Waals surface area contributed by atoms with E-state index in [1.807, 2.05) is 0 Å². The van der Waals surface area contributed by atoms with Gasteiger partial charge >= 0.3 is 11.7 Å². The Labute approximate surface area is 99.1 Å². The van der Waals surface area contributed by atoms with E-state index in [9.17, 15) is 14.9 Å². The average molecular weight is 290 g/mol. The van der Waals surface area contributed by atoms with Crippen LogP contribution in [-0.4, -0.2) is 23.1 Å². The second kappa shape index (κ2) is 4.93. The number of nitro benzene ring substituents is 1. The topological polar surface area (TPSA) is 89.7 Å². The number of rotatable bonds is 4. The maximum Gasteiger partial charge on any atom is 0.336 e. The van der Waals surface area contributed by atoms with E-state index in [1.54, 1.807) is 0 Å². The molecule has 0 bridgehead atoms. The van der Waals surface area contributed by atoms with Crippen molar-refractivity contribution in [3.8, 4) is 5.75 Å². The van der Waals surface area contributed by atoms with Crippen LogP contribution >= 0.6 is 15.9 Å². The predicted molar refractivity (Wildman–Crippen MR) is 59.2 cm³/mol. The molecule has 0 saturated carbocycles. The number of benzene rings is 1. The Morgan fingerprint density at radius 2 is 2.25 bits per heavy atom. The Balaban J connectivity index is 3.46. The molecule has 0 aliphatic rings. The van der Waals surface area contributed by atoms with Crippen LogP contribution in [0.2, 0.25) is 0 Å². The van der Waals surface area contributed by atoms with Gasteiger partial charge in [0.05, 0.1) is 17.6 Å². The van der Waals surface area contributed by atoms with Crippen molar-refractivity contribution >= 4 is 27.6 Å². The maximum absolute atomic E-state index is 10.9. The minimum atomic E-state index is -1.21. The molecular formula is C9H8BrNO5. The predicted octanol–water partition coefficient (Wildman–Crippen LogP) is 2.20. The maximum atomic E-state index is 10.9. The molecule has 7 heteroatoms. The van der Waals surface area contributed by atoms with Crippen molar-refractivity contribution in [3.63, 3.8) is 0 Å². The van der Waals surface area contributed by atoms with Crippen LogP contribution in [0, 0.1) is 10.1 Å². The van der Waals surface area contributed by atoms with Crippen molar-refractivity contribution in [3.05, 3.63) is 33.4 Å². The first-order valence-electron chi connectivity index (χ1n) is 4.15. The summed E-state index contributed by atoms with van der Waals surface area (Å²) in [6, 6.07) is 2.34. The lowest BCUT2D eigenvalue weighted by atomic mass is 10.1. The SMILES string of the molecule is COc1cc(CBr)c(C(=O)O)cc1[N+](=O)[O-]. The van der Waals surface area contributed by atoms with Gasteiger partial charge in [0.15, 0.2) is 5.75 Å². The second-order valence-corrected chi connectivity index (χ2v) is 3.44. The number of carbonyl (C=O) groups is 1. The van der Waals surface area contributed by atoms with Crippen molar-refractivity contribution in [2.24, 2.45) is 0 Å². The zero-order valence-corrected chi connectivity index (χ0v) is 9.85. The Morgan fingerprint density at radius 1 is 1.62 bits per heavy atom. The van der Waals surface area contributed by atoms with Crippen LogP contribution < -0.4 is 4.74 Å². The van der Waals surface area contributed by atoms with Crippen LogP contribution in [0.25, 0.3) is 0 Å². The van der Waals surface area contributed by atoms with Crippen LogP contribution in [0.4, 0.5) is 5.69 Å². The molecule has 0 atom stereocenters. The molecule has 16 heavy (non-hydrogen) atoms. The van der Waals surface area contributed by atoms with E-state index in [0.29, 0.717) is 5.56 Å². The van der Waals surface area contributed by atoms with Crippen LogP contribution in [0.3, 0.4) is 0 Å². The Morgan fingerprint density at radius 3 is 2.62 bits per heavy atom. The molecule has 86 valence electrons. The third-order valence-corrected chi connectivity index (χ3v) is 2.58. The molecule has 0 aliphatic heterocycles. The van der Waals surface area contributed by atoms with Gasteiger partial charge < -0.3 is 9.84 Å². The first-order chi connectivity index (χ1) is 7.51. The fourth-order valence-electron chi connectivity index (χ4n) is 1.23. The summed E-state index contributed by atoms with van der Waals surface area (Å²) in [7, 11) is 1.29. The number of ether oxygens (including phenoxy) is 1. The normalized spacial score (nSPS) is 9.88. The number of methoxy groups -OCH3 is 1. The number of hydrogen-bond donors (Lipinski definition) is 1. The first-order valence-corrected chi connectivity index (χ1v) is 5.28. The molecule has 6 nitrogen and oxygen atoms in total. The van der Waals surface area contributed by atoms with Gasteiger partial charge in [0.2, 0.25) is 0 Å². The molecule has 0 saturated heterocycles. The largest absolute Gasteiger partial charge is 0.490 e. The molecule has 0 amide bonds. The number of halogens is 1. The number of carboxylic acid groups (broad SMARTS) is 1. The monoisotopic (exact) mass is 289 g/mol. The molecule has 0 fully saturated rings. The number of alkyl halides is 1. The summed E-state index contributed by atoms with van der Waals surface area (Å²) in [4.78, 5) is 20.9. The molecule has 0 radical (unpaired) electrons. The molecule has 0 aromatic heterocycles. The quantitative estimate of drug-likeness (QED) is 0.521. The smallest absolute Gasteiger partial charge is 0.336 e. The molecule has 0 spiro atoms. The van der Waals surface area contributed by atoms with Crippen molar-refractivity contribution in [1.82, 2.24) is 0 Å². The highest BCUT2D eigenvalue weighted by Gasteiger charge is 2.21. The second-order valence-electron chi connectivity index (χ2n) is 2.88. The molecule has 1 rings (SSSR count). The third-order valence-electron chi connectivity index (χ3n) is 1.98. The van der Waals surface area contributed by atoms with E-state index in [1.165, 1.54) is 13.2 Å². The molecule has 1 aromatic rings. The van der Waals surface area contributed by atoms with Gasteiger partial charge in [-0.3, -0.25) is 10.1 Å². The third kappa shape index (κ3) is 2.30. The molecular weight excluding hydrogens is 282 g/mol. The summed E-state index contributed by atoms with van der Waals surface area (Å²) in [6.07, 6.45) is 0. The lowest BCUT2D eigenvalue weighted by Gasteiger charge is -2.06. The van der Waals surface area contributed by atoms with Crippen LogP contribution in [0.5, 0.6) is 5.75 Å². The number of carboxylic acids is 1. The van der Waals surface area contributed by atoms with Crippen molar-refractivity contribution in [1.29, 1.82) is 0 Å². The zero-order valence-electron chi connectivity index (χ0n) is 8.27. The summed E-state index contributed by atoms with van der Waals surface area (Å²) in [5.74, 6) is -1.16. The van der Waals surface area contributed by atoms with Gasteiger partial charge in [-0.05, 0) is 11.6 Å². The Bertz CT molecular complexity index is 409. The Hall–Kier alpha value is -1.63. The fraction of sp³-hybridized carbons (Fsp3) is 0.222. The van der Waals surface area contributed by atoms with E-state index >= 15 is 0 Å². The van der Waals surface area contributed by atoms with Gasteiger partial charge in [-0.1, -0.05) is 15.9 Å². The van der Waals surface area contributed by atoms with Crippen LogP contribution in [-0.2, 0) is 5.33 Å². The van der Waals surface area contributed by atoms with Gasteiger partial charge in [-0.15, -0.1) is 0 Å². The molecule has 1 N–H and O–H groups in total. The lowest BCUT2D eigenvalue weighted by molar-refractivity contribution is -0.385. The van der Waals surface area contributed by atoms with Crippen LogP contribution in [0.1, 0.15) is 15.9 Å². The minimum absolute atomic E-state index is 0.0458. The highest BCUT2D eigenvalue weighted by atomic mass is 79.9. The summed E-state index contributed by atoms with van der Waals surface area (Å²) in [5.41, 5.74) is -0.0380. The summed E-state index contributed by atoms with van der Waals surface area (Å²) in [6.45, 7) is 0. The summed E-state index contributed by atoms with van der Waals surface area (Å²) < 4.78 is 4.83. The number of nitrogens with zero attached hydrogens (tertiary/aromatic N) is 1. The van der Waals surface area contributed by atoms with E-state index < -0.39 is 10.9 Å². The summed E-state index contributed by atoms with van der Waals surface area (Å²) >= 11 is 3.11. The van der Waals surface area contributed by atoms with Gasteiger partial charge in [0.1, 0.15) is 0 Å². The molecule has 0 heterocycles. The van der Waals surface area contributed by atoms with E-state index in [4.69, 9.17) is 9.84 Å². The van der Waals surface area contributed by atoms with Gasteiger partial charge in [0.25, 0.3) is 0 Å². The lowest BCUT2D eigenvalue weighted by Crippen LogP contribution is -2.04. The fourth-order valence-corrected chi connectivity index (χ4v) is 1.69. The van der Waals surface area contributed by atoms with Crippen molar-refractivity contribution < 1.29 is 19.6 Å². The number of nitro groups is 1. The van der Waals surface area contributed by atoms with E-state index in [-0.39, 0.29) is 22.3 Å². The highest BCUT2D eigenvalue weighted by molar-refractivity contribution is 9.08. The highest BCUT2D eigenvalue weighted by Crippen LogP contribution is 2.31. The first kappa shape index (κ1) is 12.4. The van der Waals surface area contributed by atoms with Gasteiger partial charge in [0, 0.05) is 11.4 Å². The van der Waals surface area contributed by atoms with Crippen LogP contribution in [0.15, 0.2) is 12.1 Å². The molecule has 0 unspecified atom stereocenters. The molecule has 0 aliphatic carbocycles. The Kier molecular flexibility index (Phi) is 3.83. The molecule has 1 aromatic carbocycles. The number of aromatic carboxylic acids is 1. The van der Waals surface area contributed by atoms with Crippen molar-refractivity contribution in [2.45, 2.75) is 5.33 Å². The minimum Gasteiger partial charge on any atom is -0.490 e. The standard InChI is InChI=1S/C9H8BrNO5/c1-16-8-2-5(4-10)6(9(12)13)3-7(8)11(14)15/h2-3H,4H2,1H3,(H,12,13). The number of hydrogen-bond acceptors (Lipinski definition) is 4. The van der Waals surface area contributed by atoms with Gasteiger partial charge in [-0.2, -0.15) is 0 Å². The van der Waals surface area contributed by atoms with Gasteiger partial charge in [-0.25, -0.2) is 4.79 Å². The van der Waals surface area contributed by atoms with E-state index in [0.717, 1.165) is 6.07 Å². The summed E-state index contributed by atoms with van der Waals surface area (Å²) in [5, 5.41) is 19.8. The zero-order chi connectivity index (χ0) is 12.3. The van der Waals surface area contributed by atoms with Crippen molar-refractivity contribution in [2.75, 3.05) is 7.11 Å². The van der Waals surface area contributed by atoms with E-state index in [2.05, 4.69) is 15.9 Å².